The zero-order valence-electron chi connectivity index (χ0n) is 13.0. The Labute approximate surface area is 140 Å². The number of halogens is 2. The van der Waals surface area contributed by atoms with Crippen LogP contribution in [0.4, 0.5) is 4.39 Å². The summed E-state index contributed by atoms with van der Waals surface area (Å²) < 4.78 is 14.7. The molecule has 0 aliphatic heterocycles. The molecule has 0 saturated carbocycles. The average Bonchev–Trinajstić information content (AvgIpc) is 2.83. The van der Waals surface area contributed by atoms with Gasteiger partial charge in [-0.3, -0.25) is 4.79 Å². The van der Waals surface area contributed by atoms with Gasteiger partial charge < -0.3 is 11.1 Å². The van der Waals surface area contributed by atoms with Crippen LogP contribution in [-0.2, 0) is 0 Å². The van der Waals surface area contributed by atoms with E-state index in [0.717, 1.165) is 17.5 Å². The zero-order valence-corrected chi connectivity index (χ0v) is 14.7. The standard InChI is InChI=1S/C16H21FN2OS.ClH/c1-4-16(18,5-2)9-19-15(20)14-10(3)13-11(17)7-6-8-12(13)21-14;/h6-8H,4-5,9,18H2,1-3H3,(H,19,20);1H. The summed E-state index contributed by atoms with van der Waals surface area (Å²) in [5.41, 5.74) is 6.50. The predicted molar refractivity (Wildman–Crippen MR) is 93.6 cm³/mol. The molecule has 0 aliphatic rings. The smallest absolute Gasteiger partial charge is 0.261 e. The highest BCUT2D eigenvalue weighted by Gasteiger charge is 2.23. The minimum Gasteiger partial charge on any atom is -0.349 e. The summed E-state index contributed by atoms with van der Waals surface area (Å²) >= 11 is 1.32. The molecule has 2 aromatic rings. The van der Waals surface area contributed by atoms with Gasteiger partial charge in [0, 0.05) is 22.2 Å². The topological polar surface area (TPSA) is 55.1 Å². The van der Waals surface area contributed by atoms with Crippen LogP contribution < -0.4 is 11.1 Å². The number of fused-ring (bicyclic) bond motifs is 1. The maximum Gasteiger partial charge on any atom is 0.261 e. The monoisotopic (exact) mass is 344 g/mol. The van der Waals surface area contributed by atoms with E-state index in [-0.39, 0.29) is 29.7 Å². The van der Waals surface area contributed by atoms with Crippen LogP contribution in [-0.4, -0.2) is 18.0 Å². The molecular formula is C16H22ClFN2OS. The molecule has 1 amide bonds. The molecule has 0 saturated heterocycles. The molecule has 1 aromatic carbocycles. The first-order valence-electron chi connectivity index (χ1n) is 7.16. The molecule has 0 radical (unpaired) electrons. The van der Waals surface area contributed by atoms with E-state index in [9.17, 15) is 9.18 Å². The van der Waals surface area contributed by atoms with Gasteiger partial charge in [0.1, 0.15) is 5.82 Å². The van der Waals surface area contributed by atoms with Crippen molar-refractivity contribution in [2.75, 3.05) is 6.54 Å². The van der Waals surface area contributed by atoms with Gasteiger partial charge in [-0.2, -0.15) is 0 Å². The second-order valence-corrected chi connectivity index (χ2v) is 6.47. The van der Waals surface area contributed by atoms with Gasteiger partial charge in [-0.1, -0.05) is 19.9 Å². The second-order valence-electron chi connectivity index (χ2n) is 5.42. The number of amides is 1. The number of thiophene rings is 1. The summed E-state index contributed by atoms with van der Waals surface area (Å²) in [6.07, 6.45) is 1.59. The Morgan fingerprint density at radius 1 is 1.36 bits per heavy atom. The average molecular weight is 345 g/mol. The highest BCUT2D eigenvalue weighted by Crippen LogP contribution is 2.32. The first-order valence-corrected chi connectivity index (χ1v) is 7.98. The van der Waals surface area contributed by atoms with Crippen molar-refractivity contribution in [3.8, 4) is 0 Å². The van der Waals surface area contributed by atoms with E-state index in [2.05, 4.69) is 5.32 Å². The van der Waals surface area contributed by atoms with E-state index in [4.69, 9.17) is 5.73 Å². The molecular weight excluding hydrogens is 323 g/mol. The van der Waals surface area contributed by atoms with E-state index in [1.807, 2.05) is 19.9 Å². The highest BCUT2D eigenvalue weighted by molar-refractivity contribution is 7.21. The summed E-state index contributed by atoms with van der Waals surface area (Å²) in [7, 11) is 0. The number of hydrogen-bond acceptors (Lipinski definition) is 3. The molecule has 3 N–H and O–H groups in total. The SMILES string of the molecule is CCC(N)(CC)CNC(=O)c1sc2cccc(F)c2c1C.Cl. The van der Waals surface area contributed by atoms with Gasteiger partial charge in [0.2, 0.25) is 0 Å². The molecule has 22 heavy (non-hydrogen) atoms. The molecule has 1 aromatic heterocycles. The van der Waals surface area contributed by atoms with Crippen LogP contribution in [0.3, 0.4) is 0 Å². The van der Waals surface area contributed by atoms with Gasteiger partial charge in [0.05, 0.1) is 4.88 Å². The number of rotatable bonds is 5. The van der Waals surface area contributed by atoms with Crippen LogP contribution in [0.5, 0.6) is 0 Å². The highest BCUT2D eigenvalue weighted by atomic mass is 35.5. The molecule has 0 bridgehead atoms. The van der Waals surface area contributed by atoms with Crippen LogP contribution in [0.1, 0.15) is 41.9 Å². The van der Waals surface area contributed by atoms with Crippen molar-refractivity contribution in [3.63, 3.8) is 0 Å². The first-order chi connectivity index (χ1) is 9.91. The third-order valence-corrected chi connectivity index (χ3v) is 5.37. The van der Waals surface area contributed by atoms with Crippen molar-refractivity contribution in [2.45, 2.75) is 39.2 Å². The lowest BCUT2D eigenvalue weighted by atomic mass is 9.94. The predicted octanol–water partition coefficient (Wildman–Crippen LogP) is 4.02. The van der Waals surface area contributed by atoms with Crippen LogP contribution >= 0.6 is 23.7 Å². The number of nitrogens with one attached hydrogen (secondary N) is 1. The Hall–Kier alpha value is -1.17. The van der Waals surface area contributed by atoms with Crippen molar-refractivity contribution in [1.82, 2.24) is 5.32 Å². The quantitative estimate of drug-likeness (QED) is 0.860. The number of benzene rings is 1. The fraction of sp³-hybridized carbons (Fsp3) is 0.438. The summed E-state index contributed by atoms with van der Waals surface area (Å²) in [6, 6.07) is 4.91. The van der Waals surface area contributed by atoms with Gasteiger partial charge in [-0.05, 0) is 37.5 Å². The number of carbonyl (C=O) groups is 1. The third-order valence-electron chi connectivity index (χ3n) is 4.12. The number of aryl methyl sites for hydroxylation is 1. The van der Waals surface area contributed by atoms with Gasteiger partial charge in [0.15, 0.2) is 0 Å². The molecule has 0 atom stereocenters. The summed E-state index contributed by atoms with van der Waals surface area (Å²) in [5, 5.41) is 3.43. The van der Waals surface area contributed by atoms with Crippen molar-refractivity contribution >= 4 is 39.7 Å². The maximum absolute atomic E-state index is 13.9. The molecule has 0 unspecified atom stereocenters. The molecule has 0 fully saturated rings. The summed E-state index contributed by atoms with van der Waals surface area (Å²) in [4.78, 5) is 12.9. The largest absolute Gasteiger partial charge is 0.349 e. The van der Waals surface area contributed by atoms with Crippen molar-refractivity contribution in [3.05, 3.63) is 34.5 Å². The Bertz CT molecular complexity index is 667. The molecule has 1 heterocycles. The molecule has 0 aliphatic carbocycles. The van der Waals surface area contributed by atoms with E-state index >= 15 is 0 Å². The van der Waals surface area contributed by atoms with E-state index < -0.39 is 0 Å². The number of hydrogen-bond donors (Lipinski definition) is 2. The van der Waals surface area contributed by atoms with Crippen LogP contribution in [0.15, 0.2) is 18.2 Å². The van der Waals surface area contributed by atoms with Gasteiger partial charge in [-0.25, -0.2) is 4.39 Å². The Morgan fingerprint density at radius 2 is 2.00 bits per heavy atom. The van der Waals surface area contributed by atoms with Crippen molar-refractivity contribution in [2.24, 2.45) is 5.73 Å². The van der Waals surface area contributed by atoms with Gasteiger partial charge in [-0.15, -0.1) is 23.7 Å². The normalized spacial score (nSPS) is 11.3. The van der Waals surface area contributed by atoms with Crippen LogP contribution in [0, 0.1) is 12.7 Å². The van der Waals surface area contributed by atoms with E-state index in [0.29, 0.717) is 22.4 Å². The minimum atomic E-state index is -0.383. The lowest BCUT2D eigenvalue weighted by Gasteiger charge is -2.26. The van der Waals surface area contributed by atoms with Crippen LogP contribution in [0.25, 0.3) is 10.1 Å². The first kappa shape index (κ1) is 18.9. The zero-order chi connectivity index (χ0) is 15.6. The van der Waals surface area contributed by atoms with Crippen molar-refractivity contribution in [1.29, 1.82) is 0 Å². The molecule has 3 nitrogen and oxygen atoms in total. The second kappa shape index (κ2) is 7.40. The summed E-state index contributed by atoms with van der Waals surface area (Å²) in [5.74, 6) is -0.458. The Morgan fingerprint density at radius 3 is 2.55 bits per heavy atom. The van der Waals surface area contributed by atoms with Crippen molar-refractivity contribution < 1.29 is 9.18 Å². The number of carbonyl (C=O) groups excluding carboxylic acids is 1. The lowest BCUT2D eigenvalue weighted by molar-refractivity contribution is 0.0946. The molecule has 6 heteroatoms. The van der Waals surface area contributed by atoms with Gasteiger partial charge >= 0.3 is 0 Å². The fourth-order valence-electron chi connectivity index (χ4n) is 2.31. The Balaban J connectivity index is 0.00000242. The van der Waals surface area contributed by atoms with Crippen LogP contribution in [0.2, 0.25) is 0 Å². The molecule has 122 valence electrons. The summed E-state index contributed by atoms with van der Waals surface area (Å²) in [6.45, 7) is 6.23. The molecule has 2 rings (SSSR count). The van der Waals surface area contributed by atoms with E-state index in [1.54, 1.807) is 13.0 Å². The minimum absolute atomic E-state index is 0. The lowest BCUT2D eigenvalue weighted by Crippen LogP contribution is -2.49. The third kappa shape index (κ3) is 3.59. The van der Waals surface area contributed by atoms with E-state index in [1.165, 1.54) is 17.4 Å². The van der Waals surface area contributed by atoms with Gasteiger partial charge in [0.25, 0.3) is 5.91 Å². The molecule has 0 spiro atoms. The maximum atomic E-state index is 13.9. The number of nitrogens with two attached hydrogens (primary N) is 1. The Kier molecular flexibility index (Phi) is 6.35. The fourth-order valence-corrected chi connectivity index (χ4v) is 3.45.